The van der Waals surface area contributed by atoms with Gasteiger partial charge in [-0.25, -0.2) is 14.4 Å². The van der Waals surface area contributed by atoms with E-state index in [-0.39, 0.29) is 35.9 Å². The summed E-state index contributed by atoms with van der Waals surface area (Å²) in [6, 6.07) is 7.64. The number of halogens is 1. The number of amides is 2. The molecule has 1 aliphatic carbocycles. The van der Waals surface area contributed by atoms with Crippen LogP contribution in [0.25, 0.3) is 10.4 Å². The van der Waals surface area contributed by atoms with E-state index in [1.165, 1.54) is 24.9 Å². The van der Waals surface area contributed by atoms with Crippen molar-refractivity contribution in [3.05, 3.63) is 39.2 Å². The minimum atomic E-state index is -0.556. The molecule has 2 amide bonds. The fourth-order valence-electron chi connectivity index (χ4n) is 4.44. The average molecular weight is 582 g/mol. The molecule has 196 valence electrons. The first-order chi connectivity index (χ1) is 17.4. The van der Waals surface area contributed by atoms with Crippen LogP contribution in [0.15, 0.2) is 28.7 Å². The number of rotatable bonds is 10. The maximum atomic E-state index is 12.5. The van der Waals surface area contributed by atoms with Gasteiger partial charge in [-0.1, -0.05) is 37.5 Å². The van der Waals surface area contributed by atoms with Crippen LogP contribution in [0.4, 0.5) is 4.79 Å². The third-order valence-corrected chi connectivity index (χ3v) is 8.29. The predicted octanol–water partition coefficient (Wildman–Crippen LogP) is 5.85. The van der Waals surface area contributed by atoms with E-state index in [1.54, 1.807) is 6.92 Å². The summed E-state index contributed by atoms with van der Waals surface area (Å²) in [6.07, 6.45) is 5.64. The third kappa shape index (κ3) is 7.00. The first-order valence-corrected chi connectivity index (χ1v) is 13.8. The Labute approximate surface area is 224 Å². The molecule has 0 spiro atoms. The quantitative estimate of drug-likeness (QED) is 0.342. The van der Waals surface area contributed by atoms with E-state index in [9.17, 15) is 14.4 Å². The summed E-state index contributed by atoms with van der Waals surface area (Å²) >= 11 is 4.79. The van der Waals surface area contributed by atoms with Crippen LogP contribution in [-0.4, -0.2) is 44.8 Å². The number of methoxy groups -OCH3 is 1. The molecule has 1 aromatic carbocycles. The first-order valence-electron chi connectivity index (χ1n) is 12.2. The summed E-state index contributed by atoms with van der Waals surface area (Å²) in [4.78, 5) is 37.8. The van der Waals surface area contributed by atoms with Crippen molar-refractivity contribution in [1.29, 1.82) is 0 Å². The van der Waals surface area contributed by atoms with Crippen LogP contribution in [0.3, 0.4) is 0 Å². The lowest BCUT2D eigenvalue weighted by atomic mass is 9.81. The minimum absolute atomic E-state index is 0.129. The lowest BCUT2D eigenvalue weighted by Gasteiger charge is -2.31. The highest BCUT2D eigenvalue weighted by atomic mass is 79.9. The van der Waals surface area contributed by atoms with E-state index in [4.69, 9.17) is 14.2 Å². The predicted molar refractivity (Wildman–Crippen MR) is 142 cm³/mol. The topological polar surface area (TPSA) is 103 Å². The van der Waals surface area contributed by atoms with Gasteiger partial charge in [0.2, 0.25) is 0 Å². The van der Waals surface area contributed by atoms with E-state index in [1.807, 2.05) is 31.2 Å². The van der Waals surface area contributed by atoms with Crippen LogP contribution in [-0.2, 0) is 14.3 Å². The Morgan fingerprint density at radius 2 is 1.92 bits per heavy atom. The van der Waals surface area contributed by atoms with E-state index in [0.29, 0.717) is 16.9 Å². The van der Waals surface area contributed by atoms with Crippen molar-refractivity contribution in [2.75, 3.05) is 26.9 Å². The fraction of sp³-hybridized carbons (Fsp3) is 0.500. The van der Waals surface area contributed by atoms with E-state index in [2.05, 4.69) is 26.6 Å². The summed E-state index contributed by atoms with van der Waals surface area (Å²) in [6.45, 7) is 4.07. The molecule has 3 rings (SSSR count). The molecule has 10 heteroatoms. The molecule has 0 bridgehead atoms. The zero-order valence-corrected chi connectivity index (χ0v) is 23.3. The zero-order chi connectivity index (χ0) is 26.1. The molecule has 36 heavy (non-hydrogen) atoms. The minimum Gasteiger partial charge on any atom is -0.479 e. The van der Waals surface area contributed by atoms with Gasteiger partial charge in [-0.2, -0.15) is 0 Å². The van der Waals surface area contributed by atoms with Crippen molar-refractivity contribution < 1.29 is 28.6 Å². The van der Waals surface area contributed by atoms with Crippen molar-refractivity contribution in [3.8, 4) is 16.2 Å². The standard InChI is InChI=1S/C26H33BrN2O6S/c1-4-28-26(32)29-21(16-10-7-6-8-11-16)17-12-9-13-18(14-17)23-20(27)22(24(36-23)25(31)33-3)35-15-19(30)34-5-2/h9,12-14,16,21H,4-8,10-11,15H2,1-3H3,(H2,28,29,32). The molecular weight excluding hydrogens is 548 g/mol. The molecule has 1 heterocycles. The Kier molecular flexibility index (Phi) is 10.6. The largest absolute Gasteiger partial charge is 0.479 e. The first kappa shape index (κ1) is 28.0. The van der Waals surface area contributed by atoms with E-state index >= 15 is 0 Å². The van der Waals surface area contributed by atoms with Crippen molar-refractivity contribution in [1.82, 2.24) is 10.6 Å². The number of hydrogen-bond acceptors (Lipinski definition) is 7. The number of hydrogen-bond donors (Lipinski definition) is 2. The Morgan fingerprint density at radius 3 is 2.58 bits per heavy atom. The highest BCUT2D eigenvalue weighted by molar-refractivity contribution is 9.10. The van der Waals surface area contributed by atoms with Gasteiger partial charge in [0.1, 0.15) is 0 Å². The molecule has 0 saturated heterocycles. The number of ether oxygens (including phenoxy) is 3. The molecule has 0 radical (unpaired) electrons. The molecule has 2 aromatic rings. The second-order valence-corrected chi connectivity index (χ2v) is 10.3. The number of nitrogens with one attached hydrogen (secondary N) is 2. The van der Waals surface area contributed by atoms with Crippen LogP contribution in [0, 0.1) is 5.92 Å². The van der Waals surface area contributed by atoms with Gasteiger partial charge in [0.05, 0.1) is 29.1 Å². The molecule has 1 fully saturated rings. The van der Waals surface area contributed by atoms with Gasteiger partial charge in [-0.3, -0.25) is 0 Å². The molecule has 1 unspecified atom stereocenters. The maximum Gasteiger partial charge on any atom is 0.351 e. The summed E-state index contributed by atoms with van der Waals surface area (Å²) in [5.41, 5.74) is 1.86. The lowest BCUT2D eigenvalue weighted by Crippen LogP contribution is -2.41. The van der Waals surface area contributed by atoms with Crippen LogP contribution in [0.2, 0.25) is 0 Å². The Bertz CT molecular complexity index is 1070. The fourth-order valence-corrected chi connectivity index (χ4v) is 6.41. The van der Waals surface area contributed by atoms with Crippen LogP contribution >= 0.6 is 27.3 Å². The number of carbonyl (C=O) groups excluding carboxylic acids is 3. The number of carbonyl (C=O) groups is 3. The van der Waals surface area contributed by atoms with Gasteiger partial charge in [-0.15, -0.1) is 11.3 Å². The van der Waals surface area contributed by atoms with Crippen LogP contribution in [0.1, 0.15) is 67.2 Å². The van der Waals surface area contributed by atoms with E-state index in [0.717, 1.165) is 41.7 Å². The summed E-state index contributed by atoms with van der Waals surface area (Å²) in [5.74, 6) is -0.497. The Hall–Kier alpha value is -2.59. The highest BCUT2D eigenvalue weighted by Crippen LogP contribution is 2.46. The van der Waals surface area contributed by atoms with Crippen molar-refractivity contribution >= 4 is 45.2 Å². The molecule has 8 nitrogen and oxygen atoms in total. The second kappa shape index (κ2) is 13.6. The Balaban J connectivity index is 1.97. The van der Waals surface area contributed by atoms with Gasteiger partial charge >= 0.3 is 18.0 Å². The van der Waals surface area contributed by atoms with Crippen molar-refractivity contribution in [2.45, 2.75) is 52.0 Å². The normalized spacial score (nSPS) is 14.6. The van der Waals surface area contributed by atoms with E-state index < -0.39 is 11.9 Å². The molecular formula is C26H33BrN2O6S. The molecule has 0 aliphatic heterocycles. The average Bonchev–Trinajstić information content (AvgIpc) is 3.22. The Morgan fingerprint density at radius 1 is 1.17 bits per heavy atom. The van der Waals surface area contributed by atoms with Crippen molar-refractivity contribution in [3.63, 3.8) is 0 Å². The van der Waals surface area contributed by atoms with Gasteiger partial charge in [0.25, 0.3) is 0 Å². The monoisotopic (exact) mass is 580 g/mol. The molecule has 2 N–H and O–H groups in total. The van der Waals surface area contributed by atoms with Gasteiger partial charge < -0.3 is 24.8 Å². The van der Waals surface area contributed by atoms with Gasteiger partial charge in [0, 0.05) is 6.54 Å². The summed E-state index contributed by atoms with van der Waals surface area (Å²) in [7, 11) is 1.30. The second-order valence-electron chi connectivity index (χ2n) is 8.49. The number of benzene rings is 1. The smallest absolute Gasteiger partial charge is 0.351 e. The van der Waals surface area contributed by atoms with Gasteiger partial charge in [0.15, 0.2) is 17.2 Å². The molecule has 1 saturated carbocycles. The molecule has 1 aliphatic rings. The number of esters is 2. The van der Waals surface area contributed by atoms with Crippen LogP contribution < -0.4 is 15.4 Å². The van der Waals surface area contributed by atoms with Crippen LogP contribution in [0.5, 0.6) is 5.75 Å². The number of urea groups is 1. The maximum absolute atomic E-state index is 12.5. The number of thiophene rings is 1. The SMILES string of the molecule is CCNC(=O)NC(c1cccc(-c2sc(C(=O)OC)c(OCC(=O)OCC)c2Br)c1)C1CCCCC1. The highest BCUT2D eigenvalue weighted by Gasteiger charge is 2.29. The summed E-state index contributed by atoms with van der Waals surface area (Å²) < 4.78 is 16.1. The van der Waals surface area contributed by atoms with Gasteiger partial charge in [-0.05, 0) is 65.7 Å². The lowest BCUT2D eigenvalue weighted by molar-refractivity contribution is -0.145. The molecule has 1 aromatic heterocycles. The van der Waals surface area contributed by atoms with Crippen molar-refractivity contribution in [2.24, 2.45) is 5.92 Å². The third-order valence-electron chi connectivity index (χ3n) is 6.07. The molecule has 1 atom stereocenters. The summed E-state index contributed by atoms with van der Waals surface area (Å²) in [5, 5.41) is 6.02. The zero-order valence-electron chi connectivity index (χ0n) is 20.9.